The molecule has 0 spiro atoms. The van der Waals surface area contributed by atoms with Crippen LogP contribution in [0.15, 0.2) is 24.3 Å². The van der Waals surface area contributed by atoms with Crippen molar-refractivity contribution < 1.29 is 23.2 Å². The molecule has 4 saturated heterocycles. The first-order valence-corrected chi connectivity index (χ1v) is 13.7. The van der Waals surface area contributed by atoms with Crippen LogP contribution in [0.4, 0.5) is 8.78 Å². The second-order valence-electron chi connectivity index (χ2n) is 11.6. The first-order valence-electron chi connectivity index (χ1n) is 13.7. The van der Waals surface area contributed by atoms with E-state index < -0.39 is 18.3 Å². The highest BCUT2D eigenvalue weighted by atomic mass is 19.1. The number of halogens is 2. The smallest absolute Gasteiger partial charge is 0.245 e. The molecule has 0 N–H and O–H groups in total. The molecule has 8 heteroatoms. The van der Waals surface area contributed by atoms with E-state index in [1.165, 1.54) is 12.1 Å². The van der Waals surface area contributed by atoms with Gasteiger partial charge in [-0.15, -0.1) is 0 Å². The third kappa shape index (κ3) is 4.20. The van der Waals surface area contributed by atoms with E-state index in [2.05, 4.69) is 0 Å². The van der Waals surface area contributed by atoms with Crippen molar-refractivity contribution in [2.45, 2.75) is 82.1 Å². The highest BCUT2D eigenvalue weighted by Crippen LogP contribution is 2.46. The Hall–Kier alpha value is -2.51. The highest BCUT2D eigenvalue weighted by Gasteiger charge is 2.58. The molecule has 0 aromatic heterocycles. The van der Waals surface area contributed by atoms with Crippen LogP contribution in [-0.4, -0.2) is 76.4 Å². The molecule has 4 heterocycles. The van der Waals surface area contributed by atoms with Gasteiger partial charge in [0.25, 0.3) is 0 Å². The Morgan fingerprint density at radius 1 is 0.972 bits per heavy atom. The van der Waals surface area contributed by atoms with Crippen LogP contribution < -0.4 is 0 Å². The quantitative estimate of drug-likeness (QED) is 0.639. The number of amides is 3. The number of likely N-dealkylation sites (tertiary alicyclic amines) is 2. The zero-order valence-corrected chi connectivity index (χ0v) is 20.7. The second kappa shape index (κ2) is 9.42. The molecule has 1 aromatic carbocycles. The summed E-state index contributed by atoms with van der Waals surface area (Å²) in [6, 6.07) is 5.65. The zero-order valence-electron chi connectivity index (χ0n) is 20.7. The van der Waals surface area contributed by atoms with Crippen molar-refractivity contribution in [3.63, 3.8) is 0 Å². The van der Waals surface area contributed by atoms with Gasteiger partial charge in [-0.05, 0) is 80.9 Å². The van der Waals surface area contributed by atoms with Gasteiger partial charge in [-0.1, -0.05) is 12.1 Å². The zero-order chi connectivity index (χ0) is 25.0. The summed E-state index contributed by atoms with van der Waals surface area (Å²) in [4.78, 5) is 45.3. The predicted octanol–water partition coefficient (Wildman–Crippen LogP) is 3.34. The molecule has 3 amide bonds. The Labute approximate surface area is 211 Å². The van der Waals surface area contributed by atoms with E-state index in [4.69, 9.17) is 0 Å². The lowest BCUT2D eigenvalue weighted by Gasteiger charge is -2.43. The van der Waals surface area contributed by atoms with E-state index in [1.807, 2.05) is 9.80 Å². The summed E-state index contributed by atoms with van der Waals surface area (Å²) in [5.41, 5.74) is 1.06. The largest absolute Gasteiger partial charge is 0.341 e. The third-order valence-electron chi connectivity index (χ3n) is 9.44. The fourth-order valence-electron chi connectivity index (χ4n) is 7.65. The van der Waals surface area contributed by atoms with Crippen LogP contribution in [0.2, 0.25) is 0 Å². The standard InChI is InChI=1S/C28H35F2N3O3/c29-21-6-3-17(4-7-21)12-18-2-1-11-31(15-18)28(36)26-20-13-23(30)24(14-20)33(26)27(35)19-5-8-22-9-10-25(34)32(22)16-19/h3-4,6-7,18-20,22-24,26H,1-2,5,8-16H2/t18-,19?,20?,22?,23-,24?,26+/m0/s1. The molecular formula is C28H35F2N3O3. The average Bonchev–Trinajstić information content (AvgIpc) is 3.57. The molecular weight excluding hydrogens is 464 g/mol. The Balaban J connectivity index is 1.16. The van der Waals surface area contributed by atoms with E-state index in [-0.39, 0.29) is 47.3 Å². The summed E-state index contributed by atoms with van der Waals surface area (Å²) in [5.74, 6) is -0.535. The van der Waals surface area contributed by atoms with Gasteiger partial charge in [-0.25, -0.2) is 8.78 Å². The molecule has 36 heavy (non-hydrogen) atoms. The number of carbonyl (C=O) groups excluding carboxylic acids is 3. The molecule has 1 aliphatic carbocycles. The molecule has 2 bridgehead atoms. The van der Waals surface area contributed by atoms with Gasteiger partial charge in [0.2, 0.25) is 17.7 Å². The van der Waals surface area contributed by atoms with Crippen LogP contribution in [-0.2, 0) is 20.8 Å². The molecule has 5 fully saturated rings. The summed E-state index contributed by atoms with van der Waals surface area (Å²) in [6.07, 6.45) is 5.38. The molecule has 6 nitrogen and oxygen atoms in total. The number of alkyl halides is 1. The maximum Gasteiger partial charge on any atom is 0.245 e. The van der Waals surface area contributed by atoms with Crippen molar-refractivity contribution in [3.8, 4) is 0 Å². The molecule has 0 radical (unpaired) electrons. The van der Waals surface area contributed by atoms with Crippen LogP contribution in [0, 0.1) is 23.6 Å². The van der Waals surface area contributed by atoms with Gasteiger partial charge in [0, 0.05) is 32.1 Å². The van der Waals surface area contributed by atoms with Crippen LogP contribution in [0.3, 0.4) is 0 Å². The van der Waals surface area contributed by atoms with Crippen molar-refractivity contribution in [2.75, 3.05) is 19.6 Å². The molecule has 5 aliphatic rings. The second-order valence-corrected chi connectivity index (χ2v) is 11.6. The molecule has 1 aromatic rings. The minimum atomic E-state index is -1.08. The fraction of sp³-hybridized carbons (Fsp3) is 0.679. The van der Waals surface area contributed by atoms with E-state index >= 15 is 0 Å². The van der Waals surface area contributed by atoms with Crippen molar-refractivity contribution in [2.24, 2.45) is 17.8 Å². The lowest BCUT2D eigenvalue weighted by molar-refractivity contribution is -0.155. The molecule has 194 valence electrons. The first-order chi connectivity index (χ1) is 17.4. The van der Waals surface area contributed by atoms with Gasteiger partial charge in [-0.2, -0.15) is 0 Å². The lowest BCUT2D eigenvalue weighted by Crippen LogP contribution is -2.60. The molecule has 7 atom stereocenters. The van der Waals surface area contributed by atoms with Crippen molar-refractivity contribution in [3.05, 3.63) is 35.6 Å². The maximum atomic E-state index is 14.9. The van der Waals surface area contributed by atoms with E-state index in [0.29, 0.717) is 45.3 Å². The summed E-state index contributed by atoms with van der Waals surface area (Å²) >= 11 is 0. The van der Waals surface area contributed by atoms with Gasteiger partial charge in [-0.3, -0.25) is 14.4 Å². The number of carbonyl (C=O) groups is 3. The summed E-state index contributed by atoms with van der Waals surface area (Å²) in [6.45, 7) is 1.66. The molecule has 4 aliphatic heterocycles. The minimum Gasteiger partial charge on any atom is -0.341 e. The van der Waals surface area contributed by atoms with E-state index in [1.54, 1.807) is 17.0 Å². The number of fused-ring (bicyclic) bond motifs is 3. The molecule has 4 unspecified atom stereocenters. The average molecular weight is 500 g/mol. The monoisotopic (exact) mass is 499 g/mol. The number of piperidine rings is 3. The van der Waals surface area contributed by atoms with Crippen LogP contribution in [0.1, 0.15) is 56.9 Å². The normalized spacial score (nSPS) is 35.9. The predicted molar refractivity (Wildman–Crippen MR) is 129 cm³/mol. The van der Waals surface area contributed by atoms with Crippen molar-refractivity contribution in [1.82, 2.24) is 14.7 Å². The van der Waals surface area contributed by atoms with Gasteiger partial charge >= 0.3 is 0 Å². The number of nitrogens with zero attached hydrogens (tertiary/aromatic N) is 3. The minimum absolute atomic E-state index is 0.0440. The van der Waals surface area contributed by atoms with E-state index in [9.17, 15) is 23.2 Å². The first kappa shape index (κ1) is 23.9. The van der Waals surface area contributed by atoms with Crippen LogP contribution >= 0.6 is 0 Å². The third-order valence-corrected chi connectivity index (χ3v) is 9.44. The number of rotatable bonds is 4. The Morgan fingerprint density at radius 3 is 2.58 bits per heavy atom. The Kier molecular flexibility index (Phi) is 6.24. The van der Waals surface area contributed by atoms with Crippen molar-refractivity contribution >= 4 is 17.7 Å². The lowest BCUT2D eigenvalue weighted by atomic mass is 9.88. The molecule has 6 rings (SSSR count). The maximum absolute atomic E-state index is 14.9. The van der Waals surface area contributed by atoms with Gasteiger partial charge in [0.05, 0.1) is 12.0 Å². The Bertz CT molecular complexity index is 1030. The number of hydrogen-bond acceptors (Lipinski definition) is 3. The van der Waals surface area contributed by atoms with Gasteiger partial charge in [0.15, 0.2) is 0 Å². The highest BCUT2D eigenvalue weighted by molar-refractivity contribution is 5.91. The van der Waals surface area contributed by atoms with Gasteiger partial charge < -0.3 is 14.7 Å². The topological polar surface area (TPSA) is 60.9 Å². The SMILES string of the molecule is O=C([C@H]1C2CC([C@@H](F)C2)N1C(=O)C1CCC2CCC(=O)N2C1)N1CCC[C@@H](Cc2ccc(F)cc2)C1. The van der Waals surface area contributed by atoms with Crippen LogP contribution in [0.5, 0.6) is 0 Å². The fourth-order valence-corrected chi connectivity index (χ4v) is 7.65. The summed E-state index contributed by atoms with van der Waals surface area (Å²) in [5, 5.41) is 0. The van der Waals surface area contributed by atoms with E-state index in [0.717, 1.165) is 37.7 Å². The molecule has 1 saturated carbocycles. The summed E-state index contributed by atoms with van der Waals surface area (Å²) < 4.78 is 28.2. The number of hydrogen-bond donors (Lipinski definition) is 0. The number of benzene rings is 1. The van der Waals surface area contributed by atoms with Gasteiger partial charge in [0.1, 0.15) is 18.0 Å². The summed E-state index contributed by atoms with van der Waals surface area (Å²) in [7, 11) is 0. The Morgan fingerprint density at radius 2 is 1.78 bits per heavy atom. The van der Waals surface area contributed by atoms with Crippen LogP contribution in [0.25, 0.3) is 0 Å². The van der Waals surface area contributed by atoms with Crippen molar-refractivity contribution in [1.29, 1.82) is 0 Å².